The highest BCUT2D eigenvalue weighted by atomic mass is 32.2. The van der Waals surface area contributed by atoms with E-state index in [0.717, 1.165) is 32.8 Å². The van der Waals surface area contributed by atoms with E-state index in [-0.39, 0.29) is 15.7 Å². The third-order valence-corrected chi connectivity index (χ3v) is 7.69. The molecule has 4 rings (SSSR count). The van der Waals surface area contributed by atoms with Crippen LogP contribution in [0.15, 0.2) is 77.7 Å². The van der Waals surface area contributed by atoms with Gasteiger partial charge in [-0.3, -0.25) is 14.4 Å². The fourth-order valence-electron chi connectivity index (χ4n) is 3.20. The molecule has 0 bridgehead atoms. The molecule has 1 aromatic heterocycles. The van der Waals surface area contributed by atoms with Crippen molar-refractivity contribution in [2.24, 2.45) is 0 Å². The number of nitrogens with one attached hydrogen (secondary N) is 1. The van der Waals surface area contributed by atoms with Gasteiger partial charge in [-0.25, -0.2) is 12.8 Å². The Balaban J connectivity index is 1.58. The molecule has 0 saturated carbocycles. The Labute approximate surface area is 206 Å². The molecule has 0 fully saturated rings. The molecule has 35 heavy (non-hydrogen) atoms. The molecule has 0 atom stereocenters. The molecule has 1 amide bonds. The monoisotopic (exact) mass is 512 g/mol. The molecule has 180 valence electrons. The molecular weight excluding hydrogens is 491 g/mol. The highest BCUT2D eigenvalue weighted by molar-refractivity contribution is 7.92. The van der Waals surface area contributed by atoms with Crippen LogP contribution in [0.25, 0.3) is 10.6 Å². The van der Waals surface area contributed by atoms with E-state index in [2.05, 4.69) is 15.5 Å². The summed E-state index contributed by atoms with van der Waals surface area (Å²) >= 11 is 1.12. The number of aromatic nitrogens is 2. The van der Waals surface area contributed by atoms with Gasteiger partial charge in [0, 0.05) is 5.56 Å². The first-order valence-corrected chi connectivity index (χ1v) is 12.7. The first-order valence-electron chi connectivity index (χ1n) is 10.4. The number of amides is 1. The smallest absolute Gasteiger partial charge is 0.264 e. The van der Waals surface area contributed by atoms with Gasteiger partial charge >= 0.3 is 0 Å². The Kier molecular flexibility index (Phi) is 7.08. The van der Waals surface area contributed by atoms with E-state index in [1.165, 1.54) is 30.3 Å². The number of rotatable bonds is 8. The second-order valence-electron chi connectivity index (χ2n) is 7.47. The van der Waals surface area contributed by atoms with E-state index >= 15 is 0 Å². The summed E-state index contributed by atoms with van der Waals surface area (Å²) in [7, 11) is -2.67. The zero-order valence-electron chi connectivity index (χ0n) is 18.8. The van der Waals surface area contributed by atoms with Crippen LogP contribution >= 0.6 is 11.3 Å². The van der Waals surface area contributed by atoms with Gasteiger partial charge in [-0.15, -0.1) is 10.2 Å². The maximum absolute atomic E-state index is 14.6. The molecule has 0 saturated heterocycles. The van der Waals surface area contributed by atoms with Crippen molar-refractivity contribution in [3.05, 3.63) is 84.2 Å². The van der Waals surface area contributed by atoms with Gasteiger partial charge in [0.05, 0.1) is 17.7 Å². The molecule has 4 aromatic rings. The number of hydrogen-bond acceptors (Lipinski definition) is 7. The van der Waals surface area contributed by atoms with Crippen LogP contribution in [-0.2, 0) is 14.8 Å². The molecule has 0 aliphatic rings. The van der Waals surface area contributed by atoms with Crippen molar-refractivity contribution >= 4 is 38.1 Å². The summed E-state index contributed by atoms with van der Waals surface area (Å²) < 4.78 is 47.2. The Morgan fingerprint density at radius 3 is 2.37 bits per heavy atom. The number of aryl methyl sites for hydroxylation is 1. The number of hydrogen-bond donors (Lipinski definition) is 1. The van der Waals surface area contributed by atoms with Crippen molar-refractivity contribution in [3.8, 4) is 16.3 Å². The standard InChI is InChI=1S/C24H21FN4O4S2/c1-16-7-13-19(14-8-16)35(31,32)29(21-6-4-3-5-20(21)25)15-22(30)26-24-28-27-23(34-24)17-9-11-18(33-2)12-10-17/h3-14H,15H2,1-2H3,(H,26,28,30). The number of benzene rings is 3. The number of carbonyl (C=O) groups excluding carboxylic acids is 1. The molecule has 1 N–H and O–H groups in total. The summed E-state index contributed by atoms with van der Waals surface area (Å²) in [6.07, 6.45) is 0. The topological polar surface area (TPSA) is 101 Å². The van der Waals surface area contributed by atoms with Crippen LogP contribution in [0.3, 0.4) is 0 Å². The SMILES string of the molecule is COc1ccc(-c2nnc(NC(=O)CN(c3ccccc3F)S(=O)(=O)c3ccc(C)cc3)s2)cc1. The van der Waals surface area contributed by atoms with Gasteiger partial charge in [0.2, 0.25) is 11.0 Å². The zero-order chi connectivity index (χ0) is 25.0. The molecule has 11 heteroatoms. The lowest BCUT2D eigenvalue weighted by Crippen LogP contribution is -2.38. The van der Waals surface area contributed by atoms with Crippen molar-refractivity contribution in [1.82, 2.24) is 10.2 Å². The molecule has 8 nitrogen and oxygen atoms in total. The summed E-state index contributed by atoms with van der Waals surface area (Å²) in [4.78, 5) is 12.8. The Bertz CT molecular complexity index is 1440. The van der Waals surface area contributed by atoms with Crippen LogP contribution < -0.4 is 14.4 Å². The second kappa shape index (κ2) is 10.2. The maximum Gasteiger partial charge on any atom is 0.264 e. The van der Waals surface area contributed by atoms with Crippen molar-refractivity contribution in [3.63, 3.8) is 0 Å². The molecule has 1 heterocycles. The van der Waals surface area contributed by atoms with Gasteiger partial charge in [-0.2, -0.15) is 0 Å². The van der Waals surface area contributed by atoms with Gasteiger partial charge in [0.15, 0.2) is 0 Å². The van der Waals surface area contributed by atoms with Crippen LogP contribution in [0.5, 0.6) is 5.75 Å². The summed E-state index contributed by atoms with van der Waals surface area (Å²) in [5.74, 6) is -0.773. The lowest BCUT2D eigenvalue weighted by molar-refractivity contribution is -0.114. The molecule has 0 radical (unpaired) electrons. The Morgan fingerprint density at radius 1 is 1.03 bits per heavy atom. The normalized spacial score (nSPS) is 11.2. The molecule has 0 spiro atoms. The van der Waals surface area contributed by atoms with Gasteiger partial charge in [-0.05, 0) is 55.5 Å². The zero-order valence-corrected chi connectivity index (χ0v) is 20.4. The number of methoxy groups -OCH3 is 1. The minimum absolute atomic E-state index is 0.0585. The first-order chi connectivity index (χ1) is 16.8. The summed E-state index contributed by atoms with van der Waals surface area (Å²) in [5.41, 5.74) is 1.40. The third-order valence-electron chi connectivity index (χ3n) is 5.03. The van der Waals surface area contributed by atoms with Gasteiger partial charge in [-0.1, -0.05) is 41.2 Å². The number of halogens is 1. The number of nitrogens with zero attached hydrogens (tertiary/aromatic N) is 3. The molecular formula is C24H21FN4O4S2. The largest absolute Gasteiger partial charge is 0.497 e. The molecule has 0 unspecified atom stereocenters. The maximum atomic E-state index is 14.6. The van der Waals surface area contributed by atoms with Gasteiger partial charge in [0.25, 0.3) is 10.0 Å². The lowest BCUT2D eigenvalue weighted by atomic mass is 10.2. The fourth-order valence-corrected chi connectivity index (χ4v) is 5.40. The number of anilines is 2. The van der Waals surface area contributed by atoms with Crippen molar-refractivity contribution in [1.29, 1.82) is 0 Å². The van der Waals surface area contributed by atoms with Crippen molar-refractivity contribution in [2.45, 2.75) is 11.8 Å². The molecule has 0 aliphatic heterocycles. The summed E-state index contributed by atoms with van der Waals surface area (Å²) in [5, 5.41) is 11.3. The average Bonchev–Trinajstić information content (AvgIpc) is 3.31. The van der Waals surface area contributed by atoms with Crippen LogP contribution in [0.2, 0.25) is 0 Å². The van der Waals surface area contributed by atoms with E-state index in [9.17, 15) is 17.6 Å². The number of para-hydroxylation sites is 1. The number of carbonyl (C=O) groups is 1. The van der Waals surface area contributed by atoms with Crippen molar-refractivity contribution < 1.29 is 22.3 Å². The lowest BCUT2D eigenvalue weighted by Gasteiger charge is -2.24. The van der Waals surface area contributed by atoms with Crippen LogP contribution in [0, 0.1) is 12.7 Å². The highest BCUT2D eigenvalue weighted by Crippen LogP contribution is 2.29. The Morgan fingerprint density at radius 2 is 1.71 bits per heavy atom. The summed E-state index contributed by atoms with van der Waals surface area (Å²) in [6.45, 7) is 1.16. The van der Waals surface area contributed by atoms with Crippen LogP contribution in [0.4, 0.5) is 15.2 Å². The minimum atomic E-state index is -4.24. The van der Waals surface area contributed by atoms with Crippen molar-refractivity contribution in [2.75, 3.05) is 23.3 Å². The van der Waals surface area contributed by atoms with Gasteiger partial charge < -0.3 is 4.74 Å². The minimum Gasteiger partial charge on any atom is -0.497 e. The van der Waals surface area contributed by atoms with E-state index in [4.69, 9.17) is 4.74 Å². The van der Waals surface area contributed by atoms with E-state index in [1.807, 2.05) is 6.92 Å². The number of sulfonamides is 1. The highest BCUT2D eigenvalue weighted by Gasteiger charge is 2.29. The average molecular weight is 513 g/mol. The molecule has 3 aromatic carbocycles. The third kappa shape index (κ3) is 5.47. The van der Waals surface area contributed by atoms with E-state index in [1.54, 1.807) is 43.5 Å². The van der Waals surface area contributed by atoms with E-state index in [0.29, 0.717) is 10.8 Å². The summed E-state index contributed by atoms with van der Waals surface area (Å²) in [6, 6.07) is 18.6. The van der Waals surface area contributed by atoms with E-state index < -0.39 is 28.3 Å². The van der Waals surface area contributed by atoms with Crippen LogP contribution in [-0.4, -0.2) is 38.2 Å². The Hall–Kier alpha value is -3.83. The van der Waals surface area contributed by atoms with Crippen LogP contribution in [0.1, 0.15) is 5.56 Å². The van der Waals surface area contributed by atoms with Gasteiger partial charge in [0.1, 0.15) is 23.1 Å². The quantitative estimate of drug-likeness (QED) is 0.373. The first kappa shape index (κ1) is 24.3. The predicted molar refractivity (Wildman–Crippen MR) is 133 cm³/mol. The fraction of sp³-hybridized carbons (Fsp3) is 0.125. The molecule has 0 aliphatic carbocycles. The second-order valence-corrected chi connectivity index (χ2v) is 10.3. The number of ether oxygens (including phenoxy) is 1. The predicted octanol–water partition coefficient (Wildman–Crippen LogP) is 4.50.